The monoisotopic (exact) mass is 369 g/mol. The number of ether oxygens (including phenoxy) is 3. The maximum absolute atomic E-state index is 12.8. The fraction of sp³-hybridized carbons (Fsp3) is 0.400. The molecule has 0 saturated carbocycles. The minimum Gasteiger partial charge on any atom is -0.486 e. The van der Waals surface area contributed by atoms with Gasteiger partial charge >= 0.3 is 6.03 Å². The van der Waals surface area contributed by atoms with Crippen molar-refractivity contribution in [1.82, 2.24) is 15.2 Å². The van der Waals surface area contributed by atoms with E-state index in [1.807, 2.05) is 35.2 Å². The normalized spacial score (nSPS) is 18.3. The van der Waals surface area contributed by atoms with Gasteiger partial charge in [0.2, 0.25) is 5.88 Å². The van der Waals surface area contributed by atoms with Gasteiger partial charge in [-0.15, -0.1) is 0 Å². The number of fused-ring (bicyclic) bond motifs is 1. The second kappa shape index (κ2) is 7.73. The molecule has 0 bridgehead atoms. The van der Waals surface area contributed by atoms with Gasteiger partial charge in [0.05, 0.1) is 13.2 Å². The number of amides is 2. The zero-order chi connectivity index (χ0) is 18.6. The summed E-state index contributed by atoms with van der Waals surface area (Å²) in [4.78, 5) is 18.8. The van der Waals surface area contributed by atoms with Gasteiger partial charge in [-0.25, -0.2) is 9.78 Å². The predicted molar refractivity (Wildman–Crippen MR) is 99.1 cm³/mol. The lowest BCUT2D eigenvalue weighted by atomic mass is 10.0. The molecular formula is C20H23N3O4. The number of methoxy groups -OCH3 is 1. The van der Waals surface area contributed by atoms with Crippen LogP contribution < -0.4 is 19.5 Å². The summed E-state index contributed by atoms with van der Waals surface area (Å²) in [6.45, 7) is 2.23. The van der Waals surface area contributed by atoms with Gasteiger partial charge < -0.3 is 24.4 Å². The Balaban J connectivity index is 1.45. The van der Waals surface area contributed by atoms with Crippen LogP contribution in [-0.4, -0.2) is 42.8 Å². The number of benzene rings is 1. The van der Waals surface area contributed by atoms with E-state index in [1.165, 1.54) is 0 Å². The summed E-state index contributed by atoms with van der Waals surface area (Å²) < 4.78 is 16.5. The molecule has 4 rings (SSSR count). The van der Waals surface area contributed by atoms with Crippen LogP contribution in [0.25, 0.3) is 0 Å². The molecule has 0 aliphatic carbocycles. The topological polar surface area (TPSA) is 72.9 Å². The van der Waals surface area contributed by atoms with Crippen LogP contribution in [0, 0.1) is 0 Å². The van der Waals surface area contributed by atoms with Gasteiger partial charge in [0.15, 0.2) is 11.5 Å². The summed E-state index contributed by atoms with van der Waals surface area (Å²) in [6.07, 6.45) is 3.58. The summed E-state index contributed by atoms with van der Waals surface area (Å²) in [5, 5.41) is 2.99. The van der Waals surface area contributed by atoms with Gasteiger partial charge in [0.25, 0.3) is 0 Å². The molecule has 1 unspecified atom stereocenters. The maximum Gasteiger partial charge on any atom is 0.318 e. The van der Waals surface area contributed by atoms with Crippen molar-refractivity contribution in [3.63, 3.8) is 0 Å². The number of hydrogen-bond acceptors (Lipinski definition) is 5. The van der Waals surface area contributed by atoms with Crippen LogP contribution in [0.4, 0.5) is 4.79 Å². The first-order valence-corrected chi connectivity index (χ1v) is 9.18. The van der Waals surface area contributed by atoms with Gasteiger partial charge in [-0.2, -0.15) is 0 Å². The van der Waals surface area contributed by atoms with E-state index in [2.05, 4.69) is 10.3 Å². The Hall–Kier alpha value is -2.96. The average molecular weight is 369 g/mol. The third kappa shape index (κ3) is 3.63. The van der Waals surface area contributed by atoms with E-state index >= 15 is 0 Å². The molecule has 1 aromatic carbocycles. The third-order valence-electron chi connectivity index (χ3n) is 4.94. The minimum atomic E-state index is -0.0849. The van der Waals surface area contributed by atoms with E-state index in [9.17, 15) is 4.79 Å². The molecule has 1 atom stereocenters. The van der Waals surface area contributed by atoms with Crippen molar-refractivity contribution in [2.45, 2.75) is 25.4 Å². The highest BCUT2D eigenvalue weighted by Gasteiger charge is 2.31. The van der Waals surface area contributed by atoms with E-state index in [0.29, 0.717) is 25.6 Å². The first-order chi connectivity index (χ1) is 13.3. The van der Waals surface area contributed by atoms with Crippen LogP contribution in [-0.2, 0) is 6.54 Å². The van der Waals surface area contributed by atoms with Crippen molar-refractivity contribution in [3.05, 3.63) is 47.7 Å². The molecule has 7 heteroatoms. The zero-order valence-corrected chi connectivity index (χ0v) is 15.3. The zero-order valence-electron chi connectivity index (χ0n) is 15.3. The van der Waals surface area contributed by atoms with E-state index < -0.39 is 0 Å². The summed E-state index contributed by atoms with van der Waals surface area (Å²) in [5.41, 5.74) is 1.93. The van der Waals surface area contributed by atoms with Crippen LogP contribution in [0.5, 0.6) is 17.4 Å². The lowest BCUT2D eigenvalue weighted by Gasteiger charge is -2.27. The van der Waals surface area contributed by atoms with Gasteiger partial charge in [-0.05, 0) is 36.6 Å². The molecule has 27 heavy (non-hydrogen) atoms. The first-order valence-electron chi connectivity index (χ1n) is 9.18. The van der Waals surface area contributed by atoms with Gasteiger partial charge in [0, 0.05) is 24.8 Å². The van der Waals surface area contributed by atoms with Crippen molar-refractivity contribution in [1.29, 1.82) is 0 Å². The van der Waals surface area contributed by atoms with Gasteiger partial charge in [0.1, 0.15) is 13.2 Å². The molecule has 2 aliphatic rings. The number of hydrogen-bond donors (Lipinski definition) is 1. The van der Waals surface area contributed by atoms with E-state index in [0.717, 1.165) is 42.0 Å². The maximum atomic E-state index is 12.8. The number of carbonyl (C=O) groups excluding carboxylic acids is 1. The molecule has 1 fully saturated rings. The molecule has 2 aliphatic heterocycles. The summed E-state index contributed by atoms with van der Waals surface area (Å²) >= 11 is 0. The molecule has 7 nitrogen and oxygen atoms in total. The van der Waals surface area contributed by atoms with Crippen LogP contribution in [0.15, 0.2) is 36.5 Å². The molecule has 1 aromatic heterocycles. The Morgan fingerprint density at radius 2 is 2.15 bits per heavy atom. The fourth-order valence-electron chi connectivity index (χ4n) is 3.64. The number of urea groups is 1. The van der Waals surface area contributed by atoms with Crippen molar-refractivity contribution >= 4 is 6.03 Å². The Labute approximate surface area is 158 Å². The second-order valence-electron chi connectivity index (χ2n) is 6.59. The third-order valence-corrected chi connectivity index (χ3v) is 4.94. The number of pyridine rings is 1. The van der Waals surface area contributed by atoms with Crippen molar-refractivity contribution in [3.8, 4) is 17.4 Å². The van der Waals surface area contributed by atoms with Crippen LogP contribution >= 0.6 is 0 Å². The molecular weight excluding hydrogens is 346 g/mol. The van der Waals surface area contributed by atoms with E-state index in [-0.39, 0.29) is 12.1 Å². The highest BCUT2D eigenvalue weighted by atomic mass is 16.6. The number of nitrogens with zero attached hydrogens (tertiary/aromatic N) is 2. The standard InChI is InChI=1S/C20H23N3O4/c1-25-19-15(4-2-8-21-19)13-22-20(24)23-9-3-5-16(23)14-6-7-17-18(12-14)27-11-10-26-17/h2,4,6-8,12,16H,3,5,9-11,13H2,1H3,(H,22,24). The molecule has 142 valence electrons. The Kier molecular flexibility index (Phi) is 5.00. The molecule has 2 aromatic rings. The molecule has 1 N–H and O–H groups in total. The second-order valence-corrected chi connectivity index (χ2v) is 6.59. The number of likely N-dealkylation sites (tertiary alicyclic amines) is 1. The average Bonchev–Trinajstić information content (AvgIpc) is 3.22. The quantitative estimate of drug-likeness (QED) is 0.897. The lowest BCUT2D eigenvalue weighted by molar-refractivity contribution is 0.170. The summed E-state index contributed by atoms with van der Waals surface area (Å²) in [6, 6.07) is 9.63. The first kappa shape index (κ1) is 17.5. The minimum absolute atomic E-state index is 0.0385. The summed E-state index contributed by atoms with van der Waals surface area (Å²) in [7, 11) is 1.58. The van der Waals surface area contributed by atoms with Crippen molar-refractivity contribution in [2.75, 3.05) is 26.9 Å². The Morgan fingerprint density at radius 1 is 1.30 bits per heavy atom. The van der Waals surface area contributed by atoms with Crippen molar-refractivity contribution < 1.29 is 19.0 Å². The highest BCUT2D eigenvalue weighted by molar-refractivity contribution is 5.75. The van der Waals surface area contributed by atoms with Crippen LogP contribution in [0.1, 0.15) is 30.0 Å². The molecule has 3 heterocycles. The van der Waals surface area contributed by atoms with Crippen molar-refractivity contribution in [2.24, 2.45) is 0 Å². The number of nitrogens with one attached hydrogen (secondary N) is 1. The summed E-state index contributed by atoms with van der Waals surface area (Å²) in [5.74, 6) is 2.05. The molecule has 1 saturated heterocycles. The van der Waals surface area contributed by atoms with Gasteiger partial charge in [-0.1, -0.05) is 12.1 Å². The van der Waals surface area contributed by atoms with E-state index in [4.69, 9.17) is 14.2 Å². The molecule has 2 amide bonds. The number of carbonyl (C=O) groups is 1. The lowest BCUT2D eigenvalue weighted by Crippen LogP contribution is -2.39. The number of aromatic nitrogens is 1. The molecule has 0 radical (unpaired) electrons. The smallest absolute Gasteiger partial charge is 0.318 e. The molecule has 0 spiro atoms. The Bertz CT molecular complexity index is 827. The van der Waals surface area contributed by atoms with Gasteiger partial charge in [-0.3, -0.25) is 0 Å². The SMILES string of the molecule is COc1ncccc1CNC(=O)N1CCCC1c1ccc2c(c1)OCCO2. The highest BCUT2D eigenvalue weighted by Crippen LogP contribution is 2.38. The Morgan fingerprint density at radius 3 is 3.00 bits per heavy atom. The number of rotatable bonds is 4. The predicted octanol–water partition coefficient (Wildman–Crippen LogP) is 2.91. The largest absolute Gasteiger partial charge is 0.486 e. The van der Waals surface area contributed by atoms with E-state index in [1.54, 1.807) is 13.3 Å². The fourth-order valence-corrected chi connectivity index (χ4v) is 3.64. The van der Waals surface area contributed by atoms with Crippen LogP contribution in [0.3, 0.4) is 0 Å². The van der Waals surface area contributed by atoms with Crippen LogP contribution in [0.2, 0.25) is 0 Å².